The van der Waals surface area contributed by atoms with Gasteiger partial charge >= 0.3 is 0 Å². The number of rotatable bonds is 12. The van der Waals surface area contributed by atoms with Crippen molar-refractivity contribution >= 4 is 39.1 Å². The van der Waals surface area contributed by atoms with Crippen molar-refractivity contribution in [3.63, 3.8) is 0 Å². The van der Waals surface area contributed by atoms with Gasteiger partial charge in [-0.1, -0.05) is 60.1 Å². The molecule has 0 aliphatic rings. The smallest absolute Gasteiger partial charge is 0.264 e. The molecule has 2 amide bonds. The van der Waals surface area contributed by atoms with Gasteiger partial charge in [0.05, 0.1) is 17.7 Å². The van der Waals surface area contributed by atoms with Gasteiger partial charge in [-0.15, -0.1) is 0 Å². The number of sulfonamides is 1. The fourth-order valence-corrected chi connectivity index (χ4v) is 5.59. The summed E-state index contributed by atoms with van der Waals surface area (Å²) in [5.41, 5.74) is 1.10. The topological polar surface area (TPSA) is 96.0 Å². The SMILES string of the molecule is CCNC(=O)[C@@H](C)N(CCc1ccccc1)C(=O)CN(c1cc(Cl)ccc1OC)S(=O)(=O)c1ccccc1. The van der Waals surface area contributed by atoms with Crippen molar-refractivity contribution in [3.8, 4) is 5.75 Å². The maximum atomic E-state index is 13.8. The molecule has 0 bridgehead atoms. The lowest BCUT2D eigenvalue weighted by atomic mass is 10.1. The van der Waals surface area contributed by atoms with Gasteiger partial charge in [0.2, 0.25) is 11.8 Å². The number of nitrogens with zero attached hydrogens (tertiary/aromatic N) is 2. The molecule has 3 rings (SSSR count). The van der Waals surface area contributed by atoms with E-state index in [1.165, 1.54) is 30.2 Å². The number of amides is 2. The van der Waals surface area contributed by atoms with Crippen LogP contribution in [0, 0.1) is 0 Å². The van der Waals surface area contributed by atoms with Gasteiger partial charge in [0.15, 0.2) is 0 Å². The lowest BCUT2D eigenvalue weighted by Gasteiger charge is -2.32. The summed E-state index contributed by atoms with van der Waals surface area (Å²) in [5.74, 6) is -0.637. The largest absolute Gasteiger partial charge is 0.495 e. The van der Waals surface area contributed by atoms with E-state index in [-0.39, 0.29) is 33.8 Å². The van der Waals surface area contributed by atoms with Gasteiger partial charge in [0, 0.05) is 18.1 Å². The van der Waals surface area contributed by atoms with Crippen molar-refractivity contribution in [1.29, 1.82) is 0 Å². The van der Waals surface area contributed by atoms with E-state index in [9.17, 15) is 18.0 Å². The predicted octanol–water partition coefficient (Wildman–Crippen LogP) is 4.14. The monoisotopic (exact) mass is 557 g/mol. The maximum Gasteiger partial charge on any atom is 0.264 e. The zero-order chi connectivity index (χ0) is 27.7. The Bertz CT molecular complexity index is 1340. The van der Waals surface area contributed by atoms with Gasteiger partial charge in [-0.3, -0.25) is 13.9 Å². The Kier molecular flexibility index (Phi) is 10.2. The molecule has 0 aliphatic heterocycles. The summed E-state index contributed by atoms with van der Waals surface area (Å²) in [6.45, 7) is 3.47. The predicted molar refractivity (Wildman–Crippen MR) is 149 cm³/mol. The van der Waals surface area contributed by atoms with Crippen LogP contribution < -0.4 is 14.4 Å². The Morgan fingerprint density at radius 2 is 1.63 bits per heavy atom. The number of benzene rings is 3. The number of methoxy groups -OCH3 is 1. The number of carbonyl (C=O) groups excluding carboxylic acids is 2. The van der Waals surface area contributed by atoms with Gasteiger partial charge in [-0.05, 0) is 56.2 Å². The normalized spacial score (nSPS) is 11.9. The average molecular weight is 558 g/mol. The van der Waals surface area contributed by atoms with E-state index in [4.69, 9.17) is 16.3 Å². The number of likely N-dealkylation sites (N-methyl/N-ethyl adjacent to an activating group) is 1. The van der Waals surface area contributed by atoms with E-state index in [1.54, 1.807) is 44.2 Å². The third-order valence-corrected chi connectivity index (χ3v) is 8.03. The highest BCUT2D eigenvalue weighted by atomic mass is 35.5. The van der Waals surface area contributed by atoms with E-state index in [0.29, 0.717) is 13.0 Å². The minimum Gasteiger partial charge on any atom is -0.495 e. The Labute approximate surface area is 229 Å². The first-order chi connectivity index (χ1) is 18.2. The van der Waals surface area contributed by atoms with Crippen LogP contribution in [-0.4, -0.2) is 57.9 Å². The van der Waals surface area contributed by atoms with Crippen molar-refractivity contribution < 1.29 is 22.7 Å². The number of nitrogens with one attached hydrogen (secondary N) is 1. The molecule has 1 atom stereocenters. The summed E-state index contributed by atoms with van der Waals surface area (Å²) >= 11 is 6.23. The molecule has 0 saturated carbocycles. The van der Waals surface area contributed by atoms with Crippen LogP contribution in [-0.2, 0) is 26.0 Å². The van der Waals surface area contributed by atoms with Crippen LogP contribution >= 0.6 is 11.6 Å². The molecule has 0 unspecified atom stereocenters. The van der Waals surface area contributed by atoms with Gasteiger partial charge in [-0.2, -0.15) is 0 Å². The quantitative estimate of drug-likeness (QED) is 0.361. The molecule has 38 heavy (non-hydrogen) atoms. The summed E-state index contributed by atoms with van der Waals surface area (Å²) in [5, 5.41) is 3.02. The van der Waals surface area contributed by atoms with Gasteiger partial charge in [-0.25, -0.2) is 8.42 Å². The molecule has 202 valence electrons. The molecule has 0 aromatic heterocycles. The maximum absolute atomic E-state index is 13.8. The lowest BCUT2D eigenvalue weighted by molar-refractivity contribution is -0.138. The van der Waals surface area contributed by atoms with Crippen molar-refractivity contribution in [1.82, 2.24) is 10.2 Å². The van der Waals surface area contributed by atoms with Gasteiger partial charge in [0.25, 0.3) is 10.0 Å². The fraction of sp³-hybridized carbons (Fsp3) is 0.286. The molecular weight excluding hydrogens is 526 g/mol. The fourth-order valence-electron chi connectivity index (χ4n) is 3.98. The van der Waals surface area contributed by atoms with Crippen molar-refractivity contribution in [2.75, 3.05) is 31.0 Å². The summed E-state index contributed by atoms with van der Waals surface area (Å²) in [6.07, 6.45) is 0.488. The average Bonchev–Trinajstić information content (AvgIpc) is 2.92. The molecule has 3 aromatic carbocycles. The third kappa shape index (κ3) is 7.05. The lowest BCUT2D eigenvalue weighted by Crippen LogP contribution is -2.52. The first-order valence-electron chi connectivity index (χ1n) is 12.2. The van der Waals surface area contributed by atoms with E-state index >= 15 is 0 Å². The standard InChI is InChI=1S/C28H32ClN3O5S/c1-4-30-28(34)21(2)31(18-17-22-11-7-5-8-12-22)27(33)20-32(25-19-23(29)15-16-26(25)37-3)38(35,36)24-13-9-6-10-14-24/h5-16,19,21H,4,17-18,20H2,1-3H3,(H,30,34)/t21-/m1/s1. The van der Waals surface area contributed by atoms with Gasteiger partial charge < -0.3 is 15.0 Å². The molecule has 0 heterocycles. The number of hydrogen-bond acceptors (Lipinski definition) is 5. The first-order valence-corrected chi connectivity index (χ1v) is 14.0. The minimum absolute atomic E-state index is 0.00226. The van der Waals surface area contributed by atoms with Crippen molar-refractivity contribution in [2.24, 2.45) is 0 Å². The zero-order valence-corrected chi connectivity index (χ0v) is 23.2. The second-order valence-electron chi connectivity index (χ2n) is 8.53. The Morgan fingerprint density at radius 3 is 2.24 bits per heavy atom. The second-order valence-corrected chi connectivity index (χ2v) is 10.8. The Balaban J connectivity index is 2.03. The van der Waals surface area contributed by atoms with Crippen LogP contribution in [0.15, 0.2) is 83.8 Å². The van der Waals surface area contributed by atoms with Crippen LogP contribution in [0.1, 0.15) is 19.4 Å². The number of carbonyl (C=O) groups is 2. The number of hydrogen-bond donors (Lipinski definition) is 1. The van der Waals surface area contributed by atoms with Gasteiger partial charge in [0.1, 0.15) is 18.3 Å². The van der Waals surface area contributed by atoms with E-state index in [0.717, 1.165) is 9.87 Å². The Morgan fingerprint density at radius 1 is 1.00 bits per heavy atom. The molecule has 0 fully saturated rings. The van der Waals surface area contributed by atoms with Crippen LogP contribution in [0.3, 0.4) is 0 Å². The molecule has 0 radical (unpaired) electrons. The number of anilines is 1. The molecular formula is C28H32ClN3O5S. The Hall–Kier alpha value is -3.56. The number of halogens is 1. The molecule has 3 aromatic rings. The third-order valence-electron chi connectivity index (χ3n) is 6.02. The highest BCUT2D eigenvalue weighted by Gasteiger charge is 2.33. The first kappa shape index (κ1) is 29.0. The molecule has 0 spiro atoms. The molecule has 10 heteroatoms. The van der Waals surface area contributed by atoms with Crippen LogP contribution in [0.25, 0.3) is 0 Å². The van der Waals surface area contributed by atoms with Crippen molar-refractivity contribution in [2.45, 2.75) is 31.2 Å². The highest BCUT2D eigenvalue weighted by Crippen LogP contribution is 2.35. The molecule has 0 aliphatic carbocycles. The minimum atomic E-state index is -4.21. The summed E-state index contributed by atoms with van der Waals surface area (Å²) in [6, 6.07) is 21.1. The van der Waals surface area contributed by atoms with E-state index in [1.807, 2.05) is 30.3 Å². The molecule has 8 nitrogen and oxygen atoms in total. The summed E-state index contributed by atoms with van der Waals surface area (Å²) < 4.78 is 34.1. The van der Waals surface area contributed by atoms with E-state index < -0.39 is 28.5 Å². The van der Waals surface area contributed by atoms with Crippen LogP contribution in [0.2, 0.25) is 5.02 Å². The summed E-state index contributed by atoms with van der Waals surface area (Å²) in [4.78, 5) is 28.0. The van der Waals surface area contributed by atoms with Crippen LogP contribution in [0.4, 0.5) is 5.69 Å². The molecule has 0 saturated heterocycles. The van der Waals surface area contributed by atoms with Crippen molar-refractivity contribution in [3.05, 3.63) is 89.4 Å². The zero-order valence-electron chi connectivity index (χ0n) is 21.6. The van der Waals surface area contributed by atoms with E-state index in [2.05, 4.69) is 5.32 Å². The highest BCUT2D eigenvalue weighted by molar-refractivity contribution is 7.92. The summed E-state index contributed by atoms with van der Waals surface area (Å²) in [7, 11) is -2.80. The van der Waals surface area contributed by atoms with Crippen LogP contribution in [0.5, 0.6) is 5.75 Å². The number of ether oxygens (including phenoxy) is 1. The molecule has 1 N–H and O–H groups in total. The second kappa shape index (κ2) is 13.3.